The Morgan fingerprint density at radius 3 is 2.41 bits per heavy atom. The molecule has 1 aliphatic rings. The van der Waals surface area contributed by atoms with E-state index >= 15 is 0 Å². The van der Waals surface area contributed by atoms with E-state index in [1.807, 2.05) is 56.3 Å². The second-order valence-electron chi connectivity index (χ2n) is 9.90. The molecule has 37 heavy (non-hydrogen) atoms. The number of fused-ring (bicyclic) bond motifs is 1. The fourth-order valence-electron chi connectivity index (χ4n) is 4.70. The number of nitrogens with one attached hydrogen (secondary N) is 4. The molecule has 9 heteroatoms. The van der Waals surface area contributed by atoms with Crippen molar-refractivity contribution in [1.29, 1.82) is 0 Å². The van der Waals surface area contributed by atoms with Gasteiger partial charge in [-0.15, -0.1) is 6.58 Å². The van der Waals surface area contributed by atoms with E-state index in [1.54, 1.807) is 6.08 Å². The summed E-state index contributed by atoms with van der Waals surface area (Å²) in [7, 11) is 0. The topological polar surface area (TPSA) is 137 Å². The molecule has 4 atom stereocenters. The van der Waals surface area contributed by atoms with Gasteiger partial charge in [-0.25, -0.2) is 4.79 Å². The Labute approximate surface area is 217 Å². The Hall–Kier alpha value is -3.88. The van der Waals surface area contributed by atoms with Gasteiger partial charge in [0.15, 0.2) is 0 Å². The lowest BCUT2D eigenvalue weighted by Gasteiger charge is -2.26. The highest BCUT2D eigenvalue weighted by atomic mass is 16.4. The summed E-state index contributed by atoms with van der Waals surface area (Å²) in [6, 6.07) is 10.9. The Morgan fingerprint density at radius 1 is 1.05 bits per heavy atom. The molecule has 0 spiro atoms. The SMILES string of the molecule is C=CC(CC1CCNC1=O)NC(=O)C(CC(C)C)NC(=O)C(Cc1cccc2ccccc12)NC(=O)O. The maximum absolute atomic E-state index is 13.3. The monoisotopic (exact) mass is 508 g/mol. The molecule has 198 valence electrons. The molecule has 2 aromatic rings. The largest absolute Gasteiger partial charge is 0.465 e. The third-order valence-electron chi connectivity index (χ3n) is 6.57. The van der Waals surface area contributed by atoms with Gasteiger partial charge >= 0.3 is 6.09 Å². The number of hydrogen-bond acceptors (Lipinski definition) is 4. The Morgan fingerprint density at radius 2 is 1.76 bits per heavy atom. The maximum Gasteiger partial charge on any atom is 0.405 e. The molecule has 4 unspecified atom stereocenters. The molecule has 1 saturated heterocycles. The van der Waals surface area contributed by atoms with Crippen LogP contribution in [0.5, 0.6) is 0 Å². The van der Waals surface area contributed by atoms with Crippen LogP contribution in [0.15, 0.2) is 55.1 Å². The van der Waals surface area contributed by atoms with Crippen molar-refractivity contribution in [3.63, 3.8) is 0 Å². The number of carbonyl (C=O) groups excluding carboxylic acids is 3. The molecule has 1 aliphatic heterocycles. The van der Waals surface area contributed by atoms with Crippen molar-refractivity contribution >= 4 is 34.6 Å². The summed E-state index contributed by atoms with van der Waals surface area (Å²) in [5.41, 5.74) is 0.818. The molecule has 1 fully saturated rings. The molecule has 0 aromatic heterocycles. The van der Waals surface area contributed by atoms with Gasteiger partial charge in [0.25, 0.3) is 0 Å². The van der Waals surface area contributed by atoms with Crippen molar-refractivity contribution in [2.24, 2.45) is 11.8 Å². The van der Waals surface area contributed by atoms with Crippen LogP contribution in [0.25, 0.3) is 10.8 Å². The highest BCUT2D eigenvalue weighted by Crippen LogP contribution is 2.20. The molecule has 0 saturated carbocycles. The molecule has 0 radical (unpaired) electrons. The van der Waals surface area contributed by atoms with Crippen molar-refractivity contribution < 1.29 is 24.3 Å². The molecule has 2 aromatic carbocycles. The van der Waals surface area contributed by atoms with Crippen LogP contribution in [0.4, 0.5) is 4.79 Å². The summed E-state index contributed by atoms with van der Waals surface area (Å²) in [6.07, 6.45) is 1.87. The summed E-state index contributed by atoms with van der Waals surface area (Å²) in [6.45, 7) is 8.27. The van der Waals surface area contributed by atoms with E-state index in [9.17, 15) is 24.3 Å². The first-order chi connectivity index (χ1) is 17.7. The van der Waals surface area contributed by atoms with Gasteiger partial charge in [0, 0.05) is 24.9 Å². The Balaban J connectivity index is 1.74. The first-order valence-corrected chi connectivity index (χ1v) is 12.6. The first kappa shape index (κ1) is 27.7. The van der Waals surface area contributed by atoms with E-state index in [0.717, 1.165) is 16.3 Å². The molecule has 4 amide bonds. The predicted octanol–water partition coefficient (Wildman–Crippen LogP) is 2.75. The number of amides is 4. The molecular formula is C28H36N4O5. The standard InChI is InChI=1S/C28H36N4O5/c1-4-21(15-20-12-13-29-25(20)33)30-26(34)23(14-17(2)3)31-27(35)24(32-28(36)37)16-19-10-7-9-18-8-5-6-11-22(18)19/h4-11,17,20-21,23-24,32H,1,12-16H2,2-3H3,(H,29,33)(H,30,34)(H,31,35)(H,36,37). The van der Waals surface area contributed by atoms with Crippen LogP contribution in [0, 0.1) is 11.8 Å². The van der Waals surface area contributed by atoms with Gasteiger partial charge in [-0.05, 0) is 41.5 Å². The highest BCUT2D eigenvalue weighted by Gasteiger charge is 2.31. The van der Waals surface area contributed by atoms with Gasteiger partial charge in [0.1, 0.15) is 12.1 Å². The van der Waals surface area contributed by atoms with Gasteiger partial charge < -0.3 is 26.4 Å². The van der Waals surface area contributed by atoms with E-state index in [0.29, 0.717) is 25.8 Å². The number of hydrogen-bond donors (Lipinski definition) is 5. The van der Waals surface area contributed by atoms with Crippen LogP contribution >= 0.6 is 0 Å². The van der Waals surface area contributed by atoms with Crippen LogP contribution < -0.4 is 21.3 Å². The molecule has 9 nitrogen and oxygen atoms in total. The van der Waals surface area contributed by atoms with E-state index < -0.39 is 36.0 Å². The lowest BCUT2D eigenvalue weighted by Crippen LogP contribution is -2.55. The smallest absolute Gasteiger partial charge is 0.405 e. The van der Waals surface area contributed by atoms with Crippen LogP contribution in [0.1, 0.15) is 38.7 Å². The van der Waals surface area contributed by atoms with Gasteiger partial charge in [0.05, 0.1) is 0 Å². The zero-order valence-corrected chi connectivity index (χ0v) is 21.3. The normalized spacial score (nSPS) is 17.5. The third kappa shape index (κ3) is 7.80. The number of rotatable bonds is 12. The highest BCUT2D eigenvalue weighted by molar-refractivity contribution is 5.92. The van der Waals surface area contributed by atoms with Gasteiger partial charge in [-0.3, -0.25) is 14.4 Å². The van der Waals surface area contributed by atoms with Crippen molar-refractivity contribution in [2.75, 3.05) is 6.54 Å². The molecule has 0 bridgehead atoms. The lowest BCUT2D eigenvalue weighted by atomic mass is 9.96. The maximum atomic E-state index is 13.3. The summed E-state index contributed by atoms with van der Waals surface area (Å²) in [5.74, 6) is -1.13. The minimum atomic E-state index is -1.33. The van der Waals surface area contributed by atoms with Crippen molar-refractivity contribution in [3.8, 4) is 0 Å². The molecule has 1 heterocycles. The number of carboxylic acid groups (broad SMARTS) is 1. The van der Waals surface area contributed by atoms with E-state index in [1.165, 1.54) is 0 Å². The third-order valence-corrected chi connectivity index (χ3v) is 6.57. The molecular weight excluding hydrogens is 472 g/mol. The van der Waals surface area contributed by atoms with Gasteiger partial charge in [-0.1, -0.05) is 62.4 Å². The summed E-state index contributed by atoms with van der Waals surface area (Å²) < 4.78 is 0. The summed E-state index contributed by atoms with van der Waals surface area (Å²) in [4.78, 5) is 50.0. The number of carbonyl (C=O) groups is 4. The van der Waals surface area contributed by atoms with Crippen LogP contribution in [0.3, 0.4) is 0 Å². The minimum absolute atomic E-state index is 0.0378. The lowest BCUT2D eigenvalue weighted by molar-refractivity contribution is -0.130. The van der Waals surface area contributed by atoms with Crippen LogP contribution in [0.2, 0.25) is 0 Å². The fraction of sp³-hybridized carbons (Fsp3) is 0.429. The van der Waals surface area contributed by atoms with Crippen molar-refractivity contribution in [2.45, 2.75) is 57.7 Å². The Bertz CT molecular complexity index is 1140. The van der Waals surface area contributed by atoms with E-state index in [4.69, 9.17) is 0 Å². The summed E-state index contributed by atoms with van der Waals surface area (Å²) in [5, 5.41) is 22.1. The van der Waals surface area contributed by atoms with Crippen LogP contribution in [-0.2, 0) is 20.8 Å². The second kappa shape index (κ2) is 12.9. The zero-order chi connectivity index (χ0) is 26.9. The van der Waals surface area contributed by atoms with Crippen molar-refractivity contribution in [3.05, 3.63) is 60.7 Å². The van der Waals surface area contributed by atoms with Gasteiger partial charge in [0.2, 0.25) is 17.7 Å². The number of benzene rings is 2. The molecule has 5 N–H and O–H groups in total. The quantitative estimate of drug-likeness (QED) is 0.281. The minimum Gasteiger partial charge on any atom is -0.465 e. The Kier molecular flexibility index (Phi) is 9.65. The van der Waals surface area contributed by atoms with Gasteiger partial charge in [-0.2, -0.15) is 0 Å². The second-order valence-corrected chi connectivity index (χ2v) is 9.90. The summed E-state index contributed by atoms with van der Waals surface area (Å²) >= 11 is 0. The van der Waals surface area contributed by atoms with E-state index in [-0.39, 0.29) is 24.2 Å². The van der Waals surface area contributed by atoms with Crippen molar-refractivity contribution in [1.82, 2.24) is 21.3 Å². The zero-order valence-electron chi connectivity index (χ0n) is 21.3. The fourth-order valence-corrected chi connectivity index (χ4v) is 4.70. The average Bonchev–Trinajstić information content (AvgIpc) is 3.26. The predicted molar refractivity (Wildman–Crippen MR) is 142 cm³/mol. The molecule has 0 aliphatic carbocycles. The van der Waals surface area contributed by atoms with E-state index in [2.05, 4.69) is 27.8 Å². The average molecular weight is 509 g/mol. The molecule has 3 rings (SSSR count). The van der Waals surface area contributed by atoms with Crippen LogP contribution in [-0.4, -0.2) is 53.6 Å². The first-order valence-electron chi connectivity index (χ1n) is 12.6.